The lowest BCUT2D eigenvalue weighted by Gasteiger charge is -2.19. The summed E-state index contributed by atoms with van der Waals surface area (Å²) in [5.41, 5.74) is 5.66. The molecule has 0 spiro atoms. The Bertz CT molecular complexity index is 1870. The lowest BCUT2D eigenvalue weighted by molar-refractivity contribution is 0.588. The highest BCUT2D eigenvalue weighted by atomic mass is 32.2. The summed E-state index contributed by atoms with van der Waals surface area (Å²) in [6, 6.07) is 26.6. The van der Waals surface area contributed by atoms with E-state index in [0.717, 1.165) is 35.4 Å². The van der Waals surface area contributed by atoms with Crippen molar-refractivity contribution in [1.82, 2.24) is 19.3 Å². The van der Waals surface area contributed by atoms with E-state index in [1.807, 2.05) is 19.1 Å². The fourth-order valence-electron chi connectivity index (χ4n) is 5.16. The summed E-state index contributed by atoms with van der Waals surface area (Å²) in [4.78, 5) is 17.5. The largest absolute Gasteiger partial charge is 0.346 e. The standard InChI is InChI=1S/C35H39N5O3S/c1-5-39-33(37-40(34(39)41)25-27-16-20-30(21-17-27)35(2,3)4)13-9-10-26-14-18-28(19-15-26)29-22-31(24-36-23-29)38-44(42,43)32-11-7-6-8-12-32/h6-8,11-12,14-24,38H,5,9-10,13,25H2,1-4H3. The van der Waals surface area contributed by atoms with Gasteiger partial charge in [0.1, 0.15) is 5.82 Å². The molecule has 0 bridgehead atoms. The smallest absolute Gasteiger partial charge is 0.279 e. The van der Waals surface area contributed by atoms with Crippen molar-refractivity contribution in [2.24, 2.45) is 0 Å². The number of rotatable bonds is 11. The molecule has 2 heterocycles. The van der Waals surface area contributed by atoms with Crippen LogP contribution in [0.3, 0.4) is 0 Å². The second kappa shape index (κ2) is 13.0. The molecular formula is C35H39N5O3S. The first-order valence-corrected chi connectivity index (χ1v) is 16.4. The number of hydrogen-bond acceptors (Lipinski definition) is 5. The number of aromatic nitrogens is 4. The molecule has 0 atom stereocenters. The van der Waals surface area contributed by atoms with E-state index >= 15 is 0 Å². The molecule has 0 amide bonds. The Morgan fingerprint density at radius 1 is 0.818 bits per heavy atom. The van der Waals surface area contributed by atoms with Crippen LogP contribution >= 0.6 is 0 Å². The van der Waals surface area contributed by atoms with E-state index in [1.165, 1.54) is 17.3 Å². The van der Waals surface area contributed by atoms with Crippen LogP contribution in [-0.4, -0.2) is 27.7 Å². The minimum absolute atomic E-state index is 0.0753. The van der Waals surface area contributed by atoms with Gasteiger partial charge >= 0.3 is 5.69 Å². The van der Waals surface area contributed by atoms with Gasteiger partial charge in [-0.05, 0) is 65.6 Å². The maximum absolute atomic E-state index is 13.1. The van der Waals surface area contributed by atoms with E-state index in [4.69, 9.17) is 5.10 Å². The van der Waals surface area contributed by atoms with Gasteiger partial charge in [-0.2, -0.15) is 5.10 Å². The van der Waals surface area contributed by atoms with Crippen LogP contribution in [0.4, 0.5) is 5.69 Å². The van der Waals surface area contributed by atoms with Gasteiger partial charge in [-0.25, -0.2) is 17.9 Å². The topological polar surface area (TPSA) is 98.9 Å². The summed E-state index contributed by atoms with van der Waals surface area (Å²) in [7, 11) is -3.70. The summed E-state index contributed by atoms with van der Waals surface area (Å²) in [5.74, 6) is 0.807. The molecule has 44 heavy (non-hydrogen) atoms. The predicted molar refractivity (Wildman–Crippen MR) is 175 cm³/mol. The van der Waals surface area contributed by atoms with Gasteiger partial charge in [0.05, 0.1) is 23.3 Å². The predicted octanol–water partition coefficient (Wildman–Crippen LogP) is 6.45. The van der Waals surface area contributed by atoms with E-state index in [0.29, 0.717) is 25.2 Å². The molecule has 5 aromatic rings. The molecule has 0 saturated carbocycles. The number of nitrogens with zero attached hydrogens (tertiary/aromatic N) is 4. The molecule has 0 radical (unpaired) electrons. The molecule has 1 N–H and O–H groups in total. The molecule has 2 aromatic heterocycles. The maximum Gasteiger partial charge on any atom is 0.346 e. The monoisotopic (exact) mass is 609 g/mol. The first-order valence-electron chi connectivity index (χ1n) is 14.9. The van der Waals surface area contributed by atoms with Crippen LogP contribution in [-0.2, 0) is 41.4 Å². The van der Waals surface area contributed by atoms with Crippen LogP contribution in [0.2, 0.25) is 0 Å². The van der Waals surface area contributed by atoms with E-state index in [1.54, 1.807) is 51.8 Å². The minimum Gasteiger partial charge on any atom is -0.279 e. The van der Waals surface area contributed by atoms with Gasteiger partial charge < -0.3 is 0 Å². The maximum atomic E-state index is 13.1. The molecule has 9 heteroatoms. The minimum atomic E-state index is -3.70. The summed E-state index contributed by atoms with van der Waals surface area (Å²) in [5, 5.41) is 4.70. The third-order valence-corrected chi connectivity index (χ3v) is 9.06. The summed E-state index contributed by atoms with van der Waals surface area (Å²) in [6.45, 7) is 9.58. The quantitative estimate of drug-likeness (QED) is 0.186. The lowest BCUT2D eigenvalue weighted by Crippen LogP contribution is -2.25. The molecule has 3 aromatic carbocycles. The van der Waals surface area contributed by atoms with Crippen LogP contribution in [0.1, 0.15) is 56.6 Å². The van der Waals surface area contributed by atoms with Crippen LogP contribution in [0, 0.1) is 0 Å². The SMILES string of the molecule is CCn1c(CCCc2ccc(-c3cncc(NS(=O)(=O)c4ccccc4)c3)cc2)nn(Cc2ccc(C(C)(C)C)cc2)c1=O. The Kier molecular flexibility index (Phi) is 9.15. The Hall–Kier alpha value is -4.50. The first kappa shape index (κ1) is 30.9. The van der Waals surface area contributed by atoms with Crippen molar-refractivity contribution in [2.75, 3.05) is 4.72 Å². The van der Waals surface area contributed by atoms with Gasteiger partial charge in [0, 0.05) is 24.7 Å². The fourth-order valence-corrected chi connectivity index (χ4v) is 6.21. The number of anilines is 1. The average molecular weight is 610 g/mol. The summed E-state index contributed by atoms with van der Waals surface area (Å²) < 4.78 is 31.4. The van der Waals surface area contributed by atoms with Gasteiger partial charge in [-0.1, -0.05) is 87.5 Å². The Labute approximate surface area is 259 Å². The van der Waals surface area contributed by atoms with E-state index in [-0.39, 0.29) is 16.0 Å². The molecule has 0 aliphatic carbocycles. The van der Waals surface area contributed by atoms with Crippen molar-refractivity contribution in [2.45, 2.75) is 70.4 Å². The highest BCUT2D eigenvalue weighted by Crippen LogP contribution is 2.25. The molecular weight excluding hydrogens is 570 g/mol. The molecule has 0 aliphatic rings. The molecule has 0 aliphatic heterocycles. The zero-order chi connectivity index (χ0) is 31.3. The van der Waals surface area contributed by atoms with Crippen molar-refractivity contribution in [3.05, 3.63) is 130 Å². The number of sulfonamides is 1. The van der Waals surface area contributed by atoms with Crippen molar-refractivity contribution < 1.29 is 8.42 Å². The van der Waals surface area contributed by atoms with Crippen LogP contribution in [0.15, 0.2) is 107 Å². The van der Waals surface area contributed by atoms with E-state index in [2.05, 4.69) is 66.9 Å². The average Bonchev–Trinajstić information content (AvgIpc) is 3.31. The van der Waals surface area contributed by atoms with Gasteiger partial charge in [-0.15, -0.1) is 0 Å². The second-order valence-electron chi connectivity index (χ2n) is 12.0. The Balaban J connectivity index is 1.20. The first-order chi connectivity index (χ1) is 21.0. The highest BCUT2D eigenvalue weighted by molar-refractivity contribution is 7.92. The second-order valence-corrected chi connectivity index (χ2v) is 13.7. The molecule has 8 nitrogen and oxygen atoms in total. The van der Waals surface area contributed by atoms with Crippen LogP contribution in [0.25, 0.3) is 11.1 Å². The van der Waals surface area contributed by atoms with Gasteiger partial charge in [0.25, 0.3) is 10.0 Å². The fraction of sp³-hybridized carbons (Fsp3) is 0.286. The highest BCUT2D eigenvalue weighted by Gasteiger charge is 2.16. The molecule has 0 unspecified atom stereocenters. The summed E-state index contributed by atoms with van der Waals surface area (Å²) in [6.07, 6.45) is 5.62. The number of nitrogens with one attached hydrogen (secondary N) is 1. The number of aryl methyl sites for hydroxylation is 2. The summed E-state index contributed by atoms with van der Waals surface area (Å²) >= 11 is 0. The lowest BCUT2D eigenvalue weighted by atomic mass is 9.87. The van der Waals surface area contributed by atoms with E-state index < -0.39 is 10.0 Å². The normalized spacial score (nSPS) is 11.9. The van der Waals surface area contributed by atoms with Gasteiger partial charge in [0.15, 0.2) is 0 Å². The molecule has 5 rings (SSSR count). The Morgan fingerprint density at radius 2 is 1.50 bits per heavy atom. The molecule has 228 valence electrons. The van der Waals surface area contributed by atoms with Gasteiger partial charge in [0.2, 0.25) is 0 Å². The van der Waals surface area contributed by atoms with E-state index in [9.17, 15) is 13.2 Å². The zero-order valence-corrected chi connectivity index (χ0v) is 26.5. The molecule has 0 saturated heterocycles. The number of benzene rings is 3. The van der Waals surface area contributed by atoms with Crippen molar-refractivity contribution in [3.63, 3.8) is 0 Å². The third-order valence-electron chi connectivity index (χ3n) is 7.67. The molecule has 0 fully saturated rings. The van der Waals surface area contributed by atoms with Crippen molar-refractivity contribution in [3.8, 4) is 11.1 Å². The van der Waals surface area contributed by atoms with Crippen LogP contribution in [0.5, 0.6) is 0 Å². The zero-order valence-electron chi connectivity index (χ0n) is 25.7. The van der Waals surface area contributed by atoms with Crippen LogP contribution < -0.4 is 10.4 Å². The number of hydrogen-bond donors (Lipinski definition) is 1. The Morgan fingerprint density at radius 3 is 2.16 bits per heavy atom. The third kappa shape index (κ3) is 7.34. The number of pyridine rings is 1. The van der Waals surface area contributed by atoms with Gasteiger partial charge in [-0.3, -0.25) is 14.3 Å². The van der Waals surface area contributed by atoms with Crippen molar-refractivity contribution in [1.29, 1.82) is 0 Å². The van der Waals surface area contributed by atoms with Crippen molar-refractivity contribution >= 4 is 15.7 Å².